The third-order valence-electron chi connectivity index (χ3n) is 2.73. The van der Waals surface area contributed by atoms with Gasteiger partial charge in [-0.15, -0.1) is 0 Å². The molecule has 1 aromatic carbocycles. The monoisotopic (exact) mass is 194 g/mol. The first kappa shape index (κ1) is 9.46. The van der Waals surface area contributed by atoms with Crippen LogP contribution in [0.2, 0.25) is 0 Å². The fourth-order valence-corrected chi connectivity index (χ4v) is 1.96. The molecule has 76 valence electrons. The number of anilines is 1. The van der Waals surface area contributed by atoms with Crippen LogP contribution in [-0.2, 0) is 0 Å². The summed E-state index contributed by atoms with van der Waals surface area (Å²) in [6, 6.07) is 4.82. The maximum absolute atomic E-state index is 13.0. The Balaban J connectivity index is 2.24. The molecule has 1 unspecified atom stereocenters. The van der Waals surface area contributed by atoms with E-state index in [4.69, 9.17) is 5.73 Å². The summed E-state index contributed by atoms with van der Waals surface area (Å²) in [7, 11) is 0. The Morgan fingerprint density at radius 1 is 1.36 bits per heavy atom. The molecule has 2 rings (SSSR count). The van der Waals surface area contributed by atoms with Crippen molar-refractivity contribution < 1.29 is 4.39 Å². The molecule has 0 aromatic heterocycles. The Bertz CT molecular complexity index is 319. The van der Waals surface area contributed by atoms with Gasteiger partial charge < -0.3 is 11.1 Å². The zero-order chi connectivity index (χ0) is 9.97. The zero-order valence-electron chi connectivity index (χ0n) is 8.09. The van der Waals surface area contributed by atoms with Crippen molar-refractivity contribution in [3.63, 3.8) is 0 Å². The fourth-order valence-electron chi connectivity index (χ4n) is 1.96. The second kappa shape index (κ2) is 3.96. The molecule has 0 aliphatic carbocycles. The largest absolute Gasteiger partial charge is 0.398 e. The van der Waals surface area contributed by atoms with E-state index in [1.807, 2.05) is 0 Å². The molecule has 3 heteroatoms. The SMILES string of the molecule is Nc1ccc(F)cc1C1CCCCN1. The lowest BCUT2D eigenvalue weighted by atomic mass is 9.96. The van der Waals surface area contributed by atoms with Crippen molar-refractivity contribution >= 4 is 5.69 Å². The van der Waals surface area contributed by atoms with Crippen LogP contribution in [0.4, 0.5) is 10.1 Å². The van der Waals surface area contributed by atoms with Gasteiger partial charge in [-0.1, -0.05) is 6.42 Å². The lowest BCUT2D eigenvalue weighted by molar-refractivity contribution is 0.412. The van der Waals surface area contributed by atoms with E-state index < -0.39 is 0 Å². The van der Waals surface area contributed by atoms with Crippen molar-refractivity contribution in [2.24, 2.45) is 0 Å². The summed E-state index contributed by atoms with van der Waals surface area (Å²) in [5, 5.41) is 3.36. The summed E-state index contributed by atoms with van der Waals surface area (Å²) in [4.78, 5) is 0. The van der Waals surface area contributed by atoms with Gasteiger partial charge in [-0.05, 0) is 43.1 Å². The standard InChI is InChI=1S/C11H15FN2/c12-8-4-5-10(13)9(7-8)11-3-1-2-6-14-11/h4-5,7,11,14H,1-3,6,13H2. The van der Waals surface area contributed by atoms with Gasteiger partial charge in [0.05, 0.1) is 0 Å². The zero-order valence-corrected chi connectivity index (χ0v) is 8.09. The van der Waals surface area contributed by atoms with Crippen molar-refractivity contribution in [1.82, 2.24) is 5.32 Å². The summed E-state index contributed by atoms with van der Waals surface area (Å²) >= 11 is 0. The highest BCUT2D eigenvalue weighted by atomic mass is 19.1. The predicted octanol–water partition coefficient (Wildman–Crippen LogP) is 2.22. The highest BCUT2D eigenvalue weighted by Crippen LogP contribution is 2.27. The maximum atomic E-state index is 13.0. The van der Waals surface area contributed by atoms with Gasteiger partial charge >= 0.3 is 0 Å². The maximum Gasteiger partial charge on any atom is 0.123 e. The van der Waals surface area contributed by atoms with Crippen molar-refractivity contribution in [2.75, 3.05) is 12.3 Å². The molecule has 1 aliphatic rings. The van der Waals surface area contributed by atoms with E-state index in [0.29, 0.717) is 5.69 Å². The molecule has 0 bridgehead atoms. The Labute approximate surface area is 83.3 Å². The van der Waals surface area contributed by atoms with Crippen LogP contribution in [0.15, 0.2) is 18.2 Å². The normalized spacial score (nSPS) is 22.2. The van der Waals surface area contributed by atoms with Crippen LogP contribution in [0, 0.1) is 5.82 Å². The molecule has 1 atom stereocenters. The van der Waals surface area contributed by atoms with E-state index in [1.165, 1.54) is 18.9 Å². The number of rotatable bonds is 1. The number of piperidine rings is 1. The molecule has 0 amide bonds. The topological polar surface area (TPSA) is 38.0 Å². The van der Waals surface area contributed by atoms with Gasteiger partial charge in [-0.25, -0.2) is 4.39 Å². The number of nitrogens with two attached hydrogens (primary N) is 1. The average molecular weight is 194 g/mol. The van der Waals surface area contributed by atoms with Crippen LogP contribution in [0.3, 0.4) is 0 Å². The Kier molecular flexibility index (Phi) is 2.68. The highest BCUT2D eigenvalue weighted by molar-refractivity contribution is 5.48. The van der Waals surface area contributed by atoms with Gasteiger partial charge in [-0.3, -0.25) is 0 Å². The highest BCUT2D eigenvalue weighted by Gasteiger charge is 2.17. The van der Waals surface area contributed by atoms with Gasteiger partial charge in [0.15, 0.2) is 0 Å². The van der Waals surface area contributed by atoms with Crippen molar-refractivity contribution in [1.29, 1.82) is 0 Å². The molecular weight excluding hydrogens is 179 g/mol. The molecule has 0 radical (unpaired) electrons. The van der Waals surface area contributed by atoms with E-state index in [2.05, 4.69) is 5.32 Å². The molecule has 1 aliphatic heterocycles. The minimum Gasteiger partial charge on any atom is -0.398 e. The number of benzene rings is 1. The molecule has 1 aromatic rings. The average Bonchev–Trinajstić information content (AvgIpc) is 2.23. The van der Waals surface area contributed by atoms with Crippen LogP contribution >= 0.6 is 0 Å². The first-order valence-electron chi connectivity index (χ1n) is 5.05. The minimum absolute atomic E-state index is 0.207. The van der Waals surface area contributed by atoms with Crippen molar-refractivity contribution in [3.8, 4) is 0 Å². The quantitative estimate of drug-likeness (QED) is 0.673. The summed E-state index contributed by atoms with van der Waals surface area (Å²) < 4.78 is 13.0. The van der Waals surface area contributed by atoms with E-state index >= 15 is 0 Å². The molecule has 0 spiro atoms. The van der Waals surface area contributed by atoms with Crippen molar-refractivity contribution in [3.05, 3.63) is 29.6 Å². The van der Waals surface area contributed by atoms with E-state index in [9.17, 15) is 4.39 Å². The Morgan fingerprint density at radius 2 is 2.21 bits per heavy atom. The number of halogens is 1. The molecule has 3 N–H and O–H groups in total. The minimum atomic E-state index is -0.207. The summed E-state index contributed by atoms with van der Waals surface area (Å²) in [6.45, 7) is 1.00. The van der Waals surface area contributed by atoms with Gasteiger partial charge in [0.2, 0.25) is 0 Å². The van der Waals surface area contributed by atoms with Crippen LogP contribution in [0.5, 0.6) is 0 Å². The molecule has 2 nitrogen and oxygen atoms in total. The molecule has 1 fully saturated rings. The lowest BCUT2D eigenvalue weighted by Crippen LogP contribution is -2.27. The molecule has 14 heavy (non-hydrogen) atoms. The third-order valence-corrected chi connectivity index (χ3v) is 2.73. The van der Waals surface area contributed by atoms with E-state index in [0.717, 1.165) is 18.5 Å². The number of nitrogens with one attached hydrogen (secondary N) is 1. The number of hydrogen-bond acceptors (Lipinski definition) is 2. The predicted molar refractivity (Wildman–Crippen MR) is 55.4 cm³/mol. The van der Waals surface area contributed by atoms with E-state index in [-0.39, 0.29) is 11.9 Å². The van der Waals surface area contributed by atoms with Gasteiger partial charge in [0.25, 0.3) is 0 Å². The van der Waals surface area contributed by atoms with Gasteiger partial charge in [0.1, 0.15) is 5.82 Å². The molecular formula is C11H15FN2. The van der Waals surface area contributed by atoms with Gasteiger partial charge in [-0.2, -0.15) is 0 Å². The molecule has 0 saturated carbocycles. The van der Waals surface area contributed by atoms with Crippen LogP contribution in [0.1, 0.15) is 30.9 Å². The smallest absolute Gasteiger partial charge is 0.123 e. The molecule has 1 saturated heterocycles. The number of hydrogen-bond donors (Lipinski definition) is 2. The van der Waals surface area contributed by atoms with E-state index in [1.54, 1.807) is 12.1 Å². The van der Waals surface area contributed by atoms with Gasteiger partial charge in [0, 0.05) is 11.7 Å². The summed E-state index contributed by atoms with van der Waals surface area (Å²) in [5.74, 6) is -0.207. The van der Waals surface area contributed by atoms with Crippen LogP contribution in [-0.4, -0.2) is 6.54 Å². The van der Waals surface area contributed by atoms with Crippen LogP contribution in [0.25, 0.3) is 0 Å². The van der Waals surface area contributed by atoms with Crippen LogP contribution < -0.4 is 11.1 Å². The molecule has 1 heterocycles. The second-order valence-corrected chi connectivity index (χ2v) is 3.78. The fraction of sp³-hybridized carbons (Fsp3) is 0.455. The Morgan fingerprint density at radius 3 is 2.93 bits per heavy atom. The second-order valence-electron chi connectivity index (χ2n) is 3.78. The summed E-state index contributed by atoms with van der Waals surface area (Å²) in [6.07, 6.45) is 3.44. The first-order chi connectivity index (χ1) is 6.77. The Hall–Kier alpha value is -1.09. The number of nitrogen functional groups attached to an aromatic ring is 1. The third kappa shape index (κ3) is 1.87. The summed E-state index contributed by atoms with van der Waals surface area (Å²) in [5.41, 5.74) is 7.41. The van der Waals surface area contributed by atoms with Crippen molar-refractivity contribution in [2.45, 2.75) is 25.3 Å². The lowest BCUT2D eigenvalue weighted by Gasteiger charge is -2.24. The first-order valence-corrected chi connectivity index (χ1v) is 5.05.